The van der Waals surface area contributed by atoms with Crippen LogP contribution >= 0.6 is 0 Å². The summed E-state index contributed by atoms with van der Waals surface area (Å²) in [4.78, 5) is 0. The van der Waals surface area contributed by atoms with Crippen LogP contribution in [0.15, 0.2) is 0 Å². The van der Waals surface area contributed by atoms with Crippen LogP contribution in [0.2, 0.25) is 0 Å². The zero-order chi connectivity index (χ0) is 12.6. The average Bonchev–Trinajstić information content (AvgIpc) is 2.14. The SMILES string of the molecule is N=CC1CCC(S(=O)(=O)O)CC1S(=O)(=O)O. The van der Waals surface area contributed by atoms with E-state index in [2.05, 4.69) is 0 Å². The zero-order valence-electron chi connectivity index (χ0n) is 8.27. The number of hydrogen-bond donors (Lipinski definition) is 3. The summed E-state index contributed by atoms with van der Waals surface area (Å²) >= 11 is 0. The minimum atomic E-state index is -4.41. The molecule has 0 radical (unpaired) electrons. The largest absolute Gasteiger partial charge is 0.313 e. The smallest absolute Gasteiger partial charge is 0.268 e. The Kier molecular flexibility index (Phi) is 3.72. The van der Waals surface area contributed by atoms with Crippen LogP contribution < -0.4 is 0 Å². The first kappa shape index (κ1) is 13.6. The first-order valence-corrected chi connectivity index (χ1v) is 7.60. The van der Waals surface area contributed by atoms with E-state index in [1.807, 2.05) is 0 Å². The van der Waals surface area contributed by atoms with Gasteiger partial charge in [-0.25, -0.2) is 0 Å². The Labute approximate surface area is 93.9 Å². The minimum absolute atomic E-state index is 0.0882. The standard InChI is InChI=1S/C7H13NO6S2/c8-4-5-1-2-6(15(9,10)11)3-7(5)16(12,13)14/h4-8H,1-3H2,(H,9,10,11)(H,12,13,14). The zero-order valence-corrected chi connectivity index (χ0v) is 9.91. The highest BCUT2D eigenvalue weighted by Crippen LogP contribution is 2.31. The van der Waals surface area contributed by atoms with Gasteiger partial charge in [0.15, 0.2) is 0 Å². The predicted molar refractivity (Wildman–Crippen MR) is 56.8 cm³/mol. The summed E-state index contributed by atoms with van der Waals surface area (Å²) in [7, 11) is -8.71. The maximum Gasteiger partial charge on any atom is 0.268 e. The molecule has 3 unspecified atom stereocenters. The molecule has 1 fully saturated rings. The van der Waals surface area contributed by atoms with Crippen molar-refractivity contribution in [3.63, 3.8) is 0 Å². The molecule has 9 heteroatoms. The van der Waals surface area contributed by atoms with Gasteiger partial charge in [-0.3, -0.25) is 9.11 Å². The second kappa shape index (κ2) is 4.40. The van der Waals surface area contributed by atoms with Crippen molar-refractivity contribution in [2.75, 3.05) is 0 Å². The fraction of sp³-hybridized carbons (Fsp3) is 0.857. The Morgan fingerprint density at radius 3 is 2.00 bits per heavy atom. The van der Waals surface area contributed by atoms with Gasteiger partial charge in [-0.2, -0.15) is 16.8 Å². The van der Waals surface area contributed by atoms with E-state index in [0.29, 0.717) is 0 Å². The van der Waals surface area contributed by atoms with Gasteiger partial charge in [0, 0.05) is 5.92 Å². The molecule has 0 aromatic rings. The second-order valence-electron chi connectivity index (χ2n) is 3.83. The molecule has 94 valence electrons. The Morgan fingerprint density at radius 1 is 1.06 bits per heavy atom. The van der Waals surface area contributed by atoms with Crippen LogP contribution in [0.25, 0.3) is 0 Å². The third-order valence-electron chi connectivity index (χ3n) is 2.81. The van der Waals surface area contributed by atoms with Gasteiger partial charge in [0.2, 0.25) is 0 Å². The van der Waals surface area contributed by atoms with E-state index >= 15 is 0 Å². The minimum Gasteiger partial charge on any atom is -0.313 e. The molecule has 0 aromatic carbocycles. The molecule has 0 aliphatic heterocycles. The van der Waals surface area contributed by atoms with Gasteiger partial charge >= 0.3 is 0 Å². The van der Waals surface area contributed by atoms with E-state index in [1.54, 1.807) is 0 Å². The Hall–Kier alpha value is -0.510. The van der Waals surface area contributed by atoms with Crippen LogP contribution in [-0.2, 0) is 20.2 Å². The molecule has 0 heterocycles. The summed E-state index contributed by atoms with van der Waals surface area (Å²) in [6, 6.07) is 0. The lowest BCUT2D eigenvalue weighted by molar-refractivity contribution is 0.377. The Bertz CT molecular complexity index is 467. The Morgan fingerprint density at radius 2 is 1.62 bits per heavy atom. The summed E-state index contributed by atoms with van der Waals surface area (Å²) in [5.41, 5.74) is 0. The molecule has 7 nitrogen and oxygen atoms in total. The van der Waals surface area contributed by atoms with E-state index in [0.717, 1.165) is 6.21 Å². The van der Waals surface area contributed by atoms with Gasteiger partial charge in [0.1, 0.15) is 0 Å². The summed E-state index contributed by atoms with van der Waals surface area (Å²) in [5, 5.41) is 4.50. The molecule has 1 rings (SSSR count). The van der Waals surface area contributed by atoms with Crippen molar-refractivity contribution in [2.45, 2.75) is 29.8 Å². The lowest BCUT2D eigenvalue weighted by Gasteiger charge is -2.30. The normalized spacial score (nSPS) is 32.2. The number of hydrogen-bond acceptors (Lipinski definition) is 5. The number of rotatable bonds is 3. The maximum atomic E-state index is 11.0. The van der Waals surface area contributed by atoms with Gasteiger partial charge in [-0.15, -0.1) is 0 Å². The summed E-state index contributed by atoms with van der Waals surface area (Å²) < 4.78 is 61.5. The van der Waals surface area contributed by atoms with Crippen molar-refractivity contribution in [1.29, 1.82) is 5.41 Å². The van der Waals surface area contributed by atoms with Crippen LogP contribution in [0.4, 0.5) is 0 Å². The summed E-state index contributed by atoms with van der Waals surface area (Å²) in [6.07, 6.45) is 0.736. The van der Waals surface area contributed by atoms with Crippen LogP contribution in [0.1, 0.15) is 19.3 Å². The highest BCUT2D eigenvalue weighted by molar-refractivity contribution is 7.87. The van der Waals surface area contributed by atoms with Crippen molar-refractivity contribution in [3.05, 3.63) is 0 Å². The molecule has 0 amide bonds. The second-order valence-corrected chi connectivity index (χ2v) is 7.17. The van der Waals surface area contributed by atoms with Crippen molar-refractivity contribution < 1.29 is 25.9 Å². The molecule has 16 heavy (non-hydrogen) atoms. The van der Waals surface area contributed by atoms with Gasteiger partial charge in [-0.1, -0.05) is 0 Å². The highest BCUT2D eigenvalue weighted by Gasteiger charge is 2.41. The molecular formula is C7H13NO6S2. The lowest BCUT2D eigenvalue weighted by Crippen LogP contribution is -2.41. The molecule has 1 aliphatic rings. The van der Waals surface area contributed by atoms with Crippen molar-refractivity contribution in [2.24, 2.45) is 5.92 Å². The molecule has 1 saturated carbocycles. The fourth-order valence-corrected chi connectivity index (χ4v) is 4.06. The van der Waals surface area contributed by atoms with Gasteiger partial charge in [-0.05, 0) is 25.5 Å². The molecule has 0 saturated heterocycles. The van der Waals surface area contributed by atoms with Crippen LogP contribution in [0, 0.1) is 11.3 Å². The molecule has 0 spiro atoms. The maximum absolute atomic E-state index is 11.0. The molecule has 0 aromatic heterocycles. The predicted octanol–water partition coefficient (Wildman–Crippen LogP) is -0.0511. The van der Waals surface area contributed by atoms with E-state index in [1.165, 1.54) is 0 Å². The van der Waals surface area contributed by atoms with Gasteiger partial charge < -0.3 is 5.41 Å². The average molecular weight is 271 g/mol. The monoisotopic (exact) mass is 271 g/mol. The summed E-state index contributed by atoms with van der Waals surface area (Å²) in [6.45, 7) is 0. The van der Waals surface area contributed by atoms with E-state index in [4.69, 9.17) is 14.5 Å². The Balaban J connectivity index is 2.99. The first-order valence-electron chi connectivity index (χ1n) is 4.59. The van der Waals surface area contributed by atoms with E-state index in [-0.39, 0.29) is 19.3 Å². The van der Waals surface area contributed by atoms with E-state index in [9.17, 15) is 16.8 Å². The summed E-state index contributed by atoms with van der Waals surface area (Å²) in [5.74, 6) is -0.701. The van der Waals surface area contributed by atoms with Crippen molar-refractivity contribution in [1.82, 2.24) is 0 Å². The third kappa shape index (κ3) is 3.00. The van der Waals surface area contributed by atoms with E-state index < -0.39 is 36.7 Å². The van der Waals surface area contributed by atoms with Crippen molar-refractivity contribution >= 4 is 26.5 Å². The molecule has 1 aliphatic carbocycles. The topological polar surface area (TPSA) is 133 Å². The third-order valence-corrected chi connectivity index (χ3v) is 5.39. The molecular weight excluding hydrogens is 258 g/mol. The van der Waals surface area contributed by atoms with Gasteiger partial charge in [0.05, 0.1) is 10.5 Å². The number of nitrogens with one attached hydrogen (secondary N) is 1. The molecule has 3 N–H and O–H groups in total. The van der Waals surface area contributed by atoms with Crippen LogP contribution in [0.3, 0.4) is 0 Å². The first-order chi connectivity index (χ1) is 7.16. The van der Waals surface area contributed by atoms with Gasteiger partial charge in [0.25, 0.3) is 20.2 Å². The molecule has 0 bridgehead atoms. The lowest BCUT2D eigenvalue weighted by atomic mass is 9.89. The van der Waals surface area contributed by atoms with Crippen LogP contribution in [-0.4, -0.2) is 42.7 Å². The molecule has 3 atom stereocenters. The highest BCUT2D eigenvalue weighted by atomic mass is 32.2. The fourth-order valence-electron chi connectivity index (χ4n) is 1.92. The quantitative estimate of drug-likeness (QED) is 0.487. The van der Waals surface area contributed by atoms with Crippen molar-refractivity contribution in [3.8, 4) is 0 Å². The van der Waals surface area contributed by atoms with Crippen LogP contribution in [0.5, 0.6) is 0 Å².